The molecule has 1 saturated carbocycles. The number of hydrogen-bond acceptors (Lipinski definition) is 3. The average molecular weight is 409 g/mol. The first-order valence-corrected chi connectivity index (χ1v) is 10.6. The largest absolute Gasteiger partial charge is 0.440 e. The number of nitrogens with zero attached hydrogens (tertiary/aromatic N) is 2. The van der Waals surface area contributed by atoms with Crippen molar-refractivity contribution in [3.05, 3.63) is 71.0 Å². The fourth-order valence-corrected chi connectivity index (χ4v) is 4.90. The van der Waals surface area contributed by atoms with Crippen LogP contribution in [0.4, 0.5) is 4.39 Å². The van der Waals surface area contributed by atoms with Gasteiger partial charge in [-0.05, 0) is 79.5 Å². The Morgan fingerprint density at radius 3 is 2.66 bits per heavy atom. The van der Waals surface area contributed by atoms with Gasteiger partial charge in [0, 0.05) is 28.6 Å². The average Bonchev–Trinajstić information content (AvgIpc) is 3.16. The Morgan fingerprint density at radius 1 is 1.03 bits per heavy atom. The lowest BCUT2D eigenvalue weighted by molar-refractivity contribution is 0.268. The first kappa shape index (κ1) is 18.6. The van der Waals surface area contributed by atoms with Crippen molar-refractivity contribution in [2.75, 3.05) is 0 Å². The van der Waals surface area contributed by atoms with Crippen LogP contribution >= 0.6 is 11.6 Å². The minimum Gasteiger partial charge on any atom is -0.440 e. The normalized spacial score (nSPS) is 20.9. The Hall–Kier alpha value is -2.46. The Balaban J connectivity index is 1.34. The standard InChI is InChI=1S/C24H22ClFN2O/c1-14(24-28-22-8-6-17(25)12-23(22)29-24)15-2-4-16(5-3-15)19-10-11-27-21-9-7-18(26)13-20(19)21/h6-16H,2-5H2,1H3/t14?,15-,16+. The number of hydrogen-bond donors (Lipinski definition) is 0. The van der Waals surface area contributed by atoms with Crippen molar-refractivity contribution in [3.63, 3.8) is 0 Å². The molecule has 4 aromatic rings. The third kappa shape index (κ3) is 3.51. The van der Waals surface area contributed by atoms with Crippen LogP contribution in [0, 0.1) is 11.7 Å². The highest BCUT2D eigenvalue weighted by atomic mass is 35.5. The maximum absolute atomic E-state index is 13.8. The number of fused-ring (bicyclic) bond motifs is 2. The van der Waals surface area contributed by atoms with E-state index >= 15 is 0 Å². The van der Waals surface area contributed by atoms with Gasteiger partial charge >= 0.3 is 0 Å². The maximum atomic E-state index is 13.8. The Morgan fingerprint density at radius 2 is 1.83 bits per heavy atom. The minimum atomic E-state index is -0.204. The first-order valence-electron chi connectivity index (χ1n) is 10.2. The van der Waals surface area contributed by atoms with E-state index in [2.05, 4.69) is 23.0 Å². The maximum Gasteiger partial charge on any atom is 0.198 e. The van der Waals surface area contributed by atoms with Crippen LogP contribution in [0.2, 0.25) is 5.02 Å². The van der Waals surface area contributed by atoms with Gasteiger partial charge in [-0.3, -0.25) is 4.98 Å². The SMILES string of the molecule is CC(c1nc2ccc(Cl)cc2o1)[C@H]1CC[C@@H](c2ccnc3ccc(F)cc32)CC1. The van der Waals surface area contributed by atoms with E-state index in [1.54, 1.807) is 12.1 Å². The zero-order chi connectivity index (χ0) is 20.0. The number of halogens is 2. The number of rotatable bonds is 3. The molecule has 2 aromatic heterocycles. The van der Waals surface area contributed by atoms with E-state index in [1.165, 1.54) is 11.6 Å². The zero-order valence-electron chi connectivity index (χ0n) is 16.2. The van der Waals surface area contributed by atoms with Crippen molar-refractivity contribution < 1.29 is 8.81 Å². The lowest BCUT2D eigenvalue weighted by Gasteiger charge is -2.31. The van der Waals surface area contributed by atoms with Crippen LogP contribution in [0.25, 0.3) is 22.0 Å². The van der Waals surface area contributed by atoms with Gasteiger partial charge in [0.1, 0.15) is 11.3 Å². The highest BCUT2D eigenvalue weighted by Crippen LogP contribution is 2.43. The topological polar surface area (TPSA) is 38.9 Å². The summed E-state index contributed by atoms with van der Waals surface area (Å²) < 4.78 is 19.8. The van der Waals surface area contributed by atoms with Gasteiger partial charge < -0.3 is 4.42 Å². The van der Waals surface area contributed by atoms with Gasteiger partial charge in [-0.1, -0.05) is 18.5 Å². The fraction of sp³-hybridized carbons (Fsp3) is 0.333. The summed E-state index contributed by atoms with van der Waals surface area (Å²) in [6.45, 7) is 2.20. The molecule has 0 bridgehead atoms. The summed E-state index contributed by atoms with van der Waals surface area (Å²) in [4.78, 5) is 9.07. The second-order valence-corrected chi connectivity index (χ2v) is 8.56. The summed E-state index contributed by atoms with van der Waals surface area (Å²) in [6, 6.07) is 12.5. The molecule has 0 radical (unpaired) electrons. The molecule has 0 aliphatic heterocycles. The van der Waals surface area contributed by atoms with Crippen LogP contribution in [-0.4, -0.2) is 9.97 Å². The number of benzene rings is 2. The van der Waals surface area contributed by atoms with Crippen molar-refractivity contribution in [1.29, 1.82) is 0 Å². The lowest BCUT2D eigenvalue weighted by atomic mass is 9.74. The summed E-state index contributed by atoms with van der Waals surface area (Å²) in [7, 11) is 0. The molecule has 0 N–H and O–H groups in total. The molecule has 2 aromatic carbocycles. The van der Waals surface area contributed by atoms with E-state index in [0.717, 1.165) is 53.6 Å². The van der Waals surface area contributed by atoms with Crippen LogP contribution in [-0.2, 0) is 0 Å². The third-order valence-corrected chi connectivity index (χ3v) is 6.65. The molecule has 1 aliphatic rings. The summed E-state index contributed by atoms with van der Waals surface area (Å²) >= 11 is 6.07. The molecule has 3 nitrogen and oxygen atoms in total. The van der Waals surface area contributed by atoms with Crippen molar-refractivity contribution in [2.45, 2.75) is 44.4 Å². The van der Waals surface area contributed by atoms with Gasteiger partial charge in [0.2, 0.25) is 0 Å². The molecule has 0 spiro atoms. The number of oxazole rings is 1. The summed E-state index contributed by atoms with van der Waals surface area (Å²) in [5.74, 6) is 1.81. The highest BCUT2D eigenvalue weighted by molar-refractivity contribution is 6.31. The molecule has 1 unspecified atom stereocenters. The van der Waals surface area contributed by atoms with Crippen molar-refractivity contribution in [1.82, 2.24) is 9.97 Å². The van der Waals surface area contributed by atoms with Crippen molar-refractivity contribution in [2.24, 2.45) is 5.92 Å². The lowest BCUT2D eigenvalue weighted by Crippen LogP contribution is -2.18. The summed E-state index contributed by atoms with van der Waals surface area (Å²) in [5, 5.41) is 1.61. The summed E-state index contributed by atoms with van der Waals surface area (Å²) in [6.07, 6.45) is 6.20. The van der Waals surface area contributed by atoms with Gasteiger partial charge in [0.15, 0.2) is 11.5 Å². The second kappa shape index (κ2) is 7.42. The van der Waals surface area contributed by atoms with Gasteiger partial charge in [0.05, 0.1) is 5.52 Å². The molecule has 0 saturated heterocycles. The Kier molecular flexibility index (Phi) is 4.75. The van der Waals surface area contributed by atoms with Crippen LogP contribution in [0.1, 0.15) is 55.9 Å². The van der Waals surface area contributed by atoms with E-state index in [0.29, 0.717) is 16.9 Å². The van der Waals surface area contributed by atoms with Gasteiger partial charge in [0.25, 0.3) is 0 Å². The molecule has 148 valence electrons. The second-order valence-electron chi connectivity index (χ2n) is 8.13. The smallest absolute Gasteiger partial charge is 0.198 e. The van der Waals surface area contributed by atoms with Crippen molar-refractivity contribution >= 4 is 33.6 Å². The molecular weight excluding hydrogens is 387 g/mol. The molecular formula is C24H22ClFN2O. The van der Waals surface area contributed by atoms with Crippen LogP contribution in [0.3, 0.4) is 0 Å². The molecule has 0 amide bonds. The molecule has 5 rings (SSSR count). The van der Waals surface area contributed by atoms with E-state index in [1.807, 2.05) is 24.4 Å². The fourth-order valence-electron chi connectivity index (χ4n) is 4.74. The predicted molar refractivity (Wildman–Crippen MR) is 114 cm³/mol. The molecule has 1 atom stereocenters. The van der Waals surface area contributed by atoms with E-state index < -0.39 is 0 Å². The molecule has 1 fully saturated rings. The summed E-state index contributed by atoms with van der Waals surface area (Å²) in [5.41, 5.74) is 3.69. The molecule has 2 heterocycles. The van der Waals surface area contributed by atoms with Gasteiger partial charge in [-0.2, -0.15) is 0 Å². The monoisotopic (exact) mass is 408 g/mol. The Bertz CT molecular complexity index is 1180. The van der Waals surface area contributed by atoms with E-state index in [9.17, 15) is 4.39 Å². The van der Waals surface area contributed by atoms with Crippen molar-refractivity contribution in [3.8, 4) is 0 Å². The van der Waals surface area contributed by atoms with E-state index in [-0.39, 0.29) is 11.7 Å². The Labute approximate surface area is 173 Å². The van der Waals surface area contributed by atoms with Crippen LogP contribution in [0.5, 0.6) is 0 Å². The molecule has 5 heteroatoms. The molecule has 1 aliphatic carbocycles. The molecule has 29 heavy (non-hydrogen) atoms. The number of pyridine rings is 1. The van der Waals surface area contributed by atoms with Crippen LogP contribution < -0.4 is 0 Å². The third-order valence-electron chi connectivity index (χ3n) is 6.41. The van der Waals surface area contributed by atoms with Gasteiger partial charge in [-0.25, -0.2) is 9.37 Å². The predicted octanol–water partition coefficient (Wildman–Crippen LogP) is 7.25. The zero-order valence-corrected chi connectivity index (χ0v) is 17.0. The van der Waals surface area contributed by atoms with Gasteiger partial charge in [-0.15, -0.1) is 0 Å². The van der Waals surface area contributed by atoms with Crippen LogP contribution in [0.15, 0.2) is 53.1 Å². The van der Waals surface area contributed by atoms with E-state index in [4.69, 9.17) is 16.0 Å². The number of aromatic nitrogens is 2. The highest BCUT2D eigenvalue weighted by Gasteiger charge is 2.30. The minimum absolute atomic E-state index is 0.204. The first-order chi connectivity index (χ1) is 14.1. The quantitative estimate of drug-likeness (QED) is 0.358.